The minimum absolute atomic E-state index is 0.181. The Balaban J connectivity index is 0.000000256. The molecule has 0 radical (unpaired) electrons. The molecular weight excluding hydrogens is 438 g/mol. The summed E-state index contributed by atoms with van der Waals surface area (Å²) in [6.45, 7) is 5.76. The molecule has 0 saturated heterocycles. The lowest BCUT2D eigenvalue weighted by atomic mass is 9.93. The van der Waals surface area contributed by atoms with E-state index in [-0.39, 0.29) is 12.2 Å². The largest absolute Gasteiger partial charge is 0.323 e. The summed E-state index contributed by atoms with van der Waals surface area (Å²) in [6, 6.07) is 4.29. The van der Waals surface area contributed by atoms with E-state index in [0.29, 0.717) is 6.54 Å². The summed E-state index contributed by atoms with van der Waals surface area (Å²) >= 11 is 0. The second-order valence-electron chi connectivity index (χ2n) is 9.30. The summed E-state index contributed by atoms with van der Waals surface area (Å²) in [5.74, 6) is 0.994. The molecular formula is C27H43N7O. The number of carbonyl (C=O) groups is 1. The molecule has 8 heteroatoms. The van der Waals surface area contributed by atoms with Gasteiger partial charge in [-0.25, -0.2) is 4.98 Å². The van der Waals surface area contributed by atoms with Gasteiger partial charge in [0.15, 0.2) is 6.29 Å². The number of allylic oxidation sites excluding steroid dienone is 2. The summed E-state index contributed by atoms with van der Waals surface area (Å²) in [4.78, 5) is 23.4. The number of imidazole rings is 1. The zero-order valence-corrected chi connectivity index (χ0v) is 21.7. The number of nitrogens with one attached hydrogen (secondary N) is 2. The summed E-state index contributed by atoms with van der Waals surface area (Å²) in [5.41, 5.74) is 9.91. The fourth-order valence-electron chi connectivity index (χ4n) is 5.07. The van der Waals surface area contributed by atoms with Gasteiger partial charge in [-0.2, -0.15) is 0 Å². The first-order valence-electron chi connectivity index (χ1n) is 13.1. The molecule has 4 rings (SSSR count). The number of aryl methyl sites for hydroxylation is 1. The average Bonchev–Trinajstić information content (AvgIpc) is 3.19. The lowest BCUT2D eigenvalue weighted by molar-refractivity contribution is 0.106. The molecule has 0 saturated carbocycles. The van der Waals surface area contributed by atoms with Crippen LogP contribution in [0, 0.1) is 0 Å². The predicted molar refractivity (Wildman–Crippen MR) is 141 cm³/mol. The molecule has 0 spiro atoms. The van der Waals surface area contributed by atoms with Crippen molar-refractivity contribution in [2.75, 3.05) is 33.7 Å². The van der Waals surface area contributed by atoms with Crippen LogP contribution in [0.15, 0.2) is 30.5 Å². The molecule has 1 aliphatic heterocycles. The van der Waals surface area contributed by atoms with Crippen molar-refractivity contribution in [3.8, 4) is 0 Å². The van der Waals surface area contributed by atoms with Crippen LogP contribution < -0.4 is 16.4 Å². The molecule has 2 aromatic heterocycles. The number of carbonyl (C=O) groups excluding carboxylic acids is 1. The molecule has 35 heavy (non-hydrogen) atoms. The van der Waals surface area contributed by atoms with E-state index in [2.05, 4.69) is 50.2 Å². The first-order valence-corrected chi connectivity index (χ1v) is 13.1. The van der Waals surface area contributed by atoms with Gasteiger partial charge in [0.25, 0.3) is 0 Å². The number of nitrogens with zero attached hydrogens (tertiary/aromatic N) is 4. The second kappa shape index (κ2) is 14.2. The highest BCUT2D eigenvalue weighted by Crippen LogP contribution is 2.28. The molecule has 1 aliphatic carbocycles. The van der Waals surface area contributed by atoms with E-state index in [0.717, 1.165) is 87.4 Å². The smallest absolute Gasteiger partial charge is 0.168 e. The second-order valence-corrected chi connectivity index (χ2v) is 9.30. The van der Waals surface area contributed by atoms with Crippen molar-refractivity contribution < 1.29 is 4.79 Å². The first-order chi connectivity index (χ1) is 17.1. The highest BCUT2D eigenvalue weighted by molar-refractivity contribution is 5.74. The van der Waals surface area contributed by atoms with E-state index in [4.69, 9.17) is 10.7 Å². The molecule has 3 heterocycles. The van der Waals surface area contributed by atoms with Gasteiger partial charge in [-0.3, -0.25) is 14.7 Å². The molecule has 0 bridgehead atoms. The maximum Gasteiger partial charge on any atom is 0.168 e. The van der Waals surface area contributed by atoms with E-state index in [1.807, 2.05) is 26.4 Å². The van der Waals surface area contributed by atoms with Gasteiger partial charge in [0.2, 0.25) is 0 Å². The van der Waals surface area contributed by atoms with Crippen molar-refractivity contribution in [3.05, 3.63) is 59.0 Å². The van der Waals surface area contributed by atoms with Gasteiger partial charge < -0.3 is 20.9 Å². The summed E-state index contributed by atoms with van der Waals surface area (Å²) in [7, 11) is 3.87. The molecule has 1 unspecified atom stereocenters. The number of pyridine rings is 1. The number of aromatic nitrogens is 3. The first kappa shape index (κ1) is 27.2. The van der Waals surface area contributed by atoms with Crippen LogP contribution >= 0.6 is 0 Å². The predicted octanol–water partition coefficient (Wildman–Crippen LogP) is 3.16. The number of rotatable bonds is 9. The quantitative estimate of drug-likeness (QED) is 0.374. The van der Waals surface area contributed by atoms with Crippen LogP contribution in [-0.2, 0) is 19.4 Å². The molecule has 0 amide bonds. The molecule has 4 N–H and O–H groups in total. The van der Waals surface area contributed by atoms with Crippen LogP contribution in [0.2, 0.25) is 0 Å². The molecule has 2 aliphatic rings. The molecule has 0 fully saturated rings. The lowest BCUT2D eigenvalue weighted by Crippen LogP contribution is -2.39. The number of hydrogen-bond acceptors (Lipinski definition) is 7. The van der Waals surface area contributed by atoms with Gasteiger partial charge in [-0.15, -0.1) is 0 Å². The topological polar surface area (TPSA) is 101 Å². The minimum atomic E-state index is 0.181. The van der Waals surface area contributed by atoms with E-state index in [1.54, 1.807) is 0 Å². The van der Waals surface area contributed by atoms with E-state index in [1.165, 1.54) is 12.0 Å². The lowest BCUT2D eigenvalue weighted by Gasteiger charge is -2.34. The minimum Gasteiger partial charge on any atom is -0.323 e. The standard InChI is InChI=1S/C18H31N5O.C9H12N2/c1-4-11-22(12-10-19-2)18-9-7-5-6-8-17-21-15(13-20-3)16(14-24)23(17)18;10-8-5-1-3-7-4-2-6-11-9(7)8/h5-6,14,18-20H,4,7-13H2,1-3H3;2,4,6,8H,1,3,5,10H2/b6-5-;/t;8-/m.0/s1. The van der Waals surface area contributed by atoms with E-state index < -0.39 is 0 Å². The zero-order valence-electron chi connectivity index (χ0n) is 21.7. The summed E-state index contributed by atoms with van der Waals surface area (Å²) in [5, 5.41) is 6.37. The fourth-order valence-corrected chi connectivity index (χ4v) is 5.07. The Morgan fingerprint density at radius 1 is 1.23 bits per heavy atom. The van der Waals surface area contributed by atoms with Crippen molar-refractivity contribution in [2.24, 2.45) is 5.73 Å². The van der Waals surface area contributed by atoms with Crippen LogP contribution in [0.4, 0.5) is 0 Å². The third kappa shape index (κ3) is 7.07. The van der Waals surface area contributed by atoms with Crippen molar-refractivity contribution >= 4 is 6.29 Å². The van der Waals surface area contributed by atoms with Gasteiger partial charge in [-0.05, 0) is 70.8 Å². The van der Waals surface area contributed by atoms with Crippen molar-refractivity contribution in [1.29, 1.82) is 0 Å². The third-order valence-corrected chi connectivity index (χ3v) is 6.73. The highest BCUT2D eigenvalue weighted by Gasteiger charge is 2.27. The number of fused-ring (bicyclic) bond motifs is 2. The monoisotopic (exact) mass is 481 g/mol. The van der Waals surface area contributed by atoms with Crippen LogP contribution in [0.1, 0.15) is 84.5 Å². The Morgan fingerprint density at radius 3 is 2.80 bits per heavy atom. The van der Waals surface area contributed by atoms with Gasteiger partial charge in [0.05, 0.1) is 17.6 Å². The Hall–Kier alpha value is -2.39. The number of nitrogens with two attached hydrogens (primary N) is 1. The van der Waals surface area contributed by atoms with Crippen molar-refractivity contribution in [1.82, 2.24) is 30.1 Å². The number of likely N-dealkylation sites (N-methyl/N-ethyl adjacent to an activating group) is 1. The average molecular weight is 482 g/mol. The Morgan fingerprint density at radius 2 is 2.09 bits per heavy atom. The van der Waals surface area contributed by atoms with Gasteiger partial charge in [0.1, 0.15) is 11.5 Å². The summed E-state index contributed by atoms with van der Waals surface area (Å²) in [6.07, 6.45) is 14.8. The van der Waals surface area contributed by atoms with Crippen molar-refractivity contribution in [2.45, 2.75) is 70.6 Å². The summed E-state index contributed by atoms with van der Waals surface area (Å²) < 4.78 is 2.19. The molecule has 192 valence electrons. The molecule has 8 nitrogen and oxygen atoms in total. The van der Waals surface area contributed by atoms with Gasteiger partial charge in [-0.1, -0.05) is 25.1 Å². The van der Waals surface area contributed by atoms with Crippen LogP contribution in [0.3, 0.4) is 0 Å². The van der Waals surface area contributed by atoms with E-state index >= 15 is 0 Å². The zero-order chi connectivity index (χ0) is 25.0. The molecule has 2 atom stereocenters. The Labute approximate surface area is 210 Å². The molecule has 0 aromatic carbocycles. The van der Waals surface area contributed by atoms with Crippen LogP contribution in [0.25, 0.3) is 0 Å². The van der Waals surface area contributed by atoms with Gasteiger partial charge >= 0.3 is 0 Å². The highest BCUT2D eigenvalue weighted by atomic mass is 16.1. The van der Waals surface area contributed by atoms with Crippen LogP contribution in [-0.4, -0.2) is 59.5 Å². The normalized spacial score (nSPS) is 20.1. The molecule has 2 aromatic rings. The van der Waals surface area contributed by atoms with E-state index in [9.17, 15) is 4.79 Å². The third-order valence-electron chi connectivity index (χ3n) is 6.73. The van der Waals surface area contributed by atoms with Crippen LogP contribution in [0.5, 0.6) is 0 Å². The fraction of sp³-hybridized carbons (Fsp3) is 0.593. The number of hydrogen-bond donors (Lipinski definition) is 3. The number of aldehydes is 1. The SMILES string of the molecule is CCCN(CCNC)C1CC/C=C\Cc2nc(CNC)c(C=O)n21.N[C@H]1CCCc2cccnc21. The Bertz CT molecular complexity index is 955. The Kier molecular flexibility index (Phi) is 11.1. The van der Waals surface area contributed by atoms with Gasteiger partial charge in [0, 0.05) is 38.3 Å². The maximum absolute atomic E-state index is 11.8. The van der Waals surface area contributed by atoms with Crippen molar-refractivity contribution in [3.63, 3.8) is 0 Å². The maximum atomic E-state index is 11.8.